The van der Waals surface area contributed by atoms with Crippen molar-refractivity contribution in [1.82, 2.24) is 0 Å². The summed E-state index contributed by atoms with van der Waals surface area (Å²) in [5.74, 6) is -1.34. The normalized spacial score (nSPS) is 11.8. The maximum atomic E-state index is 12.8. The number of carboxylic acid groups (broad SMARTS) is 1. The molecule has 0 fully saturated rings. The molecule has 0 heterocycles. The maximum absolute atomic E-state index is 12.8. The first-order chi connectivity index (χ1) is 8.20. The van der Waals surface area contributed by atoms with E-state index in [4.69, 9.17) is 5.11 Å². The van der Waals surface area contributed by atoms with E-state index in [1.54, 1.807) is 0 Å². The third-order valence-electron chi connectivity index (χ3n) is 2.48. The molecule has 100 valence electrons. The van der Waals surface area contributed by atoms with Crippen LogP contribution in [0.1, 0.15) is 34.8 Å². The first-order valence-corrected chi connectivity index (χ1v) is 6.96. The Morgan fingerprint density at radius 2 is 1.94 bits per heavy atom. The fraction of sp³-hybridized carbons (Fsp3) is 0.364. The number of carbonyl (C=O) groups is 1. The monoisotopic (exact) mass is 278 g/mol. The molecule has 0 bridgehead atoms. The molecule has 0 saturated heterocycles. The highest BCUT2D eigenvalue weighted by Gasteiger charge is 2.26. The van der Waals surface area contributed by atoms with Crippen LogP contribution in [0, 0.1) is 0 Å². The highest BCUT2D eigenvalue weighted by atomic mass is 32.2. The Labute approximate surface area is 103 Å². The summed E-state index contributed by atoms with van der Waals surface area (Å²) < 4.78 is 48.8. The summed E-state index contributed by atoms with van der Waals surface area (Å²) >= 11 is 0. The zero-order valence-electron chi connectivity index (χ0n) is 9.78. The van der Waals surface area contributed by atoms with E-state index in [0.29, 0.717) is 0 Å². The summed E-state index contributed by atoms with van der Waals surface area (Å²) in [6, 6.07) is 1.86. The average molecular weight is 278 g/mol. The topological polar surface area (TPSA) is 71.4 Å². The van der Waals surface area contributed by atoms with Crippen molar-refractivity contribution in [2.75, 3.05) is 6.26 Å². The lowest BCUT2D eigenvalue weighted by Gasteiger charge is -2.14. The van der Waals surface area contributed by atoms with Crippen molar-refractivity contribution in [3.63, 3.8) is 0 Å². The molecule has 0 spiro atoms. The first kappa shape index (κ1) is 14.6. The van der Waals surface area contributed by atoms with E-state index in [1.165, 1.54) is 6.92 Å². The van der Waals surface area contributed by atoms with E-state index < -0.39 is 32.7 Å². The molecule has 0 amide bonds. The smallest absolute Gasteiger partial charge is 0.336 e. The van der Waals surface area contributed by atoms with Gasteiger partial charge < -0.3 is 5.11 Å². The highest BCUT2D eigenvalue weighted by molar-refractivity contribution is 7.90. The molecule has 0 aliphatic rings. The lowest BCUT2D eigenvalue weighted by Crippen LogP contribution is -2.12. The van der Waals surface area contributed by atoms with Gasteiger partial charge in [0.15, 0.2) is 9.84 Å². The molecule has 1 aromatic carbocycles. The summed E-state index contributed by atoms with van der Waals surface area (Å²) in [5.41, 5.74) is -0.996. The summed E-state index contributed by atoms with van der Waals surface area (Å²) in [5, 5.41) is 8.93. The zero-order valence-corrected chi connectivity index (χ0v) is 10.6. The number of sulfone groups is 1. The molecule has 0 aliphatic carbocycles. The molecular weight excluding hydrogens is 266 g/mol. The van der Waals surface area contributed by atoms with Crippen molar-refractivity contribution in [3.8, 4) is 0 Å². The Kier molecular flexibility index (Phi) is 4.05. The molecule has 0 atom stereocenters. The number of hydrogen-bond donors (Lipinski definition) is 1. The summed E-state index contributed by atoms with van der Waals surface area (Å²) in [6.07, 6.45) is -2.13. The van der Waals surface area contributed by atoms with Crippen LogP contribution in [-0.2, 0) is 16.3 Å². The van der Waals surface area contributed by atoms with Gasteiger partial charge in [0, 0.05) is 11.8 Å². The van der Waals surface area contributed by atoms with Gasteiger partial charge in [-0.1, -0.05) is 13.0 Å². The van der Waals surface area contributed by atoms with Crippen LogP contribution in [0.3, 0.4) is 0 Å². The van der Waals surface area contributed by atoms with Gasteiger partial charge in [0.2, 0.25) is 0 Å². The van der Waals surface area contributed by atoms with E-state index in [1.807, 2.05) is 0 Å². The molecule has 1 N–H and O–H groups in total. The summed E-state index contributed by atoms with van der Waals surface area (Å²) in [7, 11) is -3.92. The Hall–Kier alpha value is -1.50. The van der Waals surface area contributed by atoms with Crippen LogP contribution in [0.25, 0.3) is 0 Å². The number of rotatable bonds is 4. The van der Waals surface area contributed by atoms with Crippen molar-refractivity contribution in [3.05, 3.63) is 28.8 Å². The Morgan fingerprint density at radius 3 is 2.28 bits per heavy atom. The summed E-state index contributed by atoms with van der Waals surface area (Å²) in [4.78, 5) is 10.4. The van der Waals surface area contributed by atoms with Crippen LogP contribution in [0.15, 0.2) is 17.0 Å². The van der Waals surface area contributed by atoms with Crippen LogP contribution in [-0.4, -0.2) is 25.7 Å². The standard InChI is InChI=1S/C11H12F2O4S/c1-3-6-7(11(14)15)4-5-8(10(12)13)9(6)18(2,16)17/h4-5,10H,3H2,1-2H3,(H,14,15). The Morgan fingerprint density at radius 1 is 1.39 bits per heavy atom. The third kappa shape index (κ3) is 2.66. The highest BCUT2D eigenvalue weighted by Crippen LogP contribution is 2.31. The number of halogens is 2. The SMILES string of the molecule is CCc1c(C(=O)O)ccc(C(F)F)c1S(C)(=O)=O. The fourth-order valence-electron chi connectivity index (χ4n) is 1.81. The van der Waals surface area contributed by atoms with Crippen molar-refractivity contribution in [1.29, 1.82) is 0 Å². The molecule has 1 rings (SSSR count). The van der Waals surface area contributed by atoms with Gasteiger partial charge in [0.1, 0.15) is 0 Å². The Bertz CT molecular complexity index is 579. The van der Waals surface area contributed by atoms with E-state index in [2.05, 4.69) is 0 Å². The largest absolute Gasteiger partial charge is 0.478 e. The van der Waals surface area contributed by atoms with Crippen LogP contribution in [0.2, 0.25) is 0 Å². The fourth-order valence-corrected chi connectivity index (χ4v) is 3.09. The lowest BCUT2D eigenvalue weighted by atomic mass is 10.0. The zero-order chi connectivity index (χ0) is 14.1. The van der Waals surface area contributed by atoms with Crippen molar-refractivity contribution >= 4 is 15.8 Å². The quantitative estimate of drug-likeness (QED) is 0.917. The molecule has 1 aromatic rings. The Balaban J connectivity index is 3.79. The molecular formula is C11H12F2O4S. The third-order valence-corrected chi connectivity index (χ3v) is 3.70. The van der Waals surface area contributed by atoms with E-state index in [0.717, 1.165) is 18.4 Å². The van der Waals surface area contributed by atoms with Gasteiger partial charge in [-0.2, -0.15) is 0 Å². The van der Waals surface area contributed by atoms with Crippen molar-refractivity contribution in [2.45, 2.75) is 24.7 Å². The minimum atomic E-state index is -3.92. The second-order valence-corrected chi connectivity index (χ2v) is 5.69. The van der Waals surface area contributed by atoms with Crippen LogP contribution in [0.4, 0.5) is 8.78 Å². The van der Waals surface area contributed by atoms with Crippen LogP contribution >= 0.6 is 0 Å². The van der Waals surface area contributed by atoms with Gasteiger partial charge >= 0.3 is 5.97 Å². The number of benzene rings is 1. The predicted octanol–water partition coefficient (Wildman–Crippen LogP) is 2.29. The number of carboxylic acids is 1. The minimum absolute atomic E-state index is 0.0462. The van der Waals surface area contributed by atoms with Gasteiger partial charge in [0.05, 0.1) is 10.5 Å². The van der Waals surface area contributed by atoms with E-state index in [-0.39, 0.29) is 17.5 Å². The van der Waals surface area contributed by atoms with Gasteiger partial charge in [-0.25, -0.2) is 22.0 Å². The second kappa shape index (κ2) is 5.01. The molecule has 18 heavy (non-hydrogen) atoms. The lowest BCUT2D eigenvalue weighted by molar-refractivity contribution is 0.0694. The number of hydrogen-bond acceptors (Lipinski definition) is 3. The minimum Gasteiger partial charge on any atom is -0.478 e. The van der Waals surface area contributed by atoms with Crippen molar-refractivity contribution in [2.24, 2.45) is 0 Å². The molecule has 0 radical (unpaired) electrons. The van der Waals surface area contributed by atoms with Gasteiger partial charge in [-0.3, -0.25) is 0 Å². The van der Waals surface area contributed by atoms with E-state index >= 15 is 0 Å². The molecule has 0 saturated carbocycles. The van der Waals surface area contributed by atoms with Gasteiger partial charge in [0.25, 0.3) is 6.43 Å². The first-order valence-electron chi connectivity index (χ1n) is 5.07. The average Bonchev–Trinajstić information content (AvgIpc) is 2.25. The number of alkyl halides is 2. The van der Waals surface area contributed by atoms with Gasteiger partial charge in [-0.05, 0) is 18.1 Å². The van der Waals surface area contributed by atoms with Crippen LogP contribution < -0.4 is 0 Å². The molecule has 0 aliphatic heterocycles. The summed E-state index contributed by atoms with van der Waals surface area (Å²) in [6.45, 7) is 1.52. The van der Waals surface area contributed by atoms with Crippen molar-refractivity contribution < 1.29 is 27.1 Å². The maximum Gasteiger partial charge on any atom is 0.336 e. The second-order valence-electron chi connectivity index (χ2n) is 3.74. The molecule has 0 aromatic heterocycles. The molecule has 4 nitrogen and oxygen atoms in total. The van der Waals surface area contributed by atoms with Crippen LogP contribution in [0.5, 0.6) is 0 Å². The number of aromatic carboxylic acids is 1. The molecule has 0 unspecified atom stereocenters. The predicted molar refractivity (Wildman–Crippen MR) is 60.8 cm³/mol. The van der Waals surface area contributed by atoms with E-state index in [9.17, 15) is 22.0 Å². The van der Waals surface area contributed by atoms with Gasteiger partial charge in [-0.15, -0.1) is 0 Å². The molecule has 7 heteroatoms.